The van der Waals surface area contributed by atoms with Gasteiger partial charge in [0.05, 0.1) is 8.95 Å². The molecule has 1 aromatic rings. The highest BCUT2D eigenvalue weighted by Gasteiger charge is 2.22. The maximum atomic E-state index is 6.06. The molecular formula is C12H16Br3NO. The van der Waals surface area contributed by atoms with Crippen LogP contribution in [-0.2, 0) is 0 Å². The van der Waals surface area contributed by atoms with E-state index in [1.54, 1.807) is 0 Å². The molecular weight excluding hydrogens is 414 g/mol. The lowest BCUT2D eigenvalue weighted by Crippen LogP contribution is -2.40. The average molecular weight is 430 g/mol. The molecule has 0 saturated heterocycles. The quantitative estimate of drug-likeness (QED) is 0.754. The lowest BCUT2D eigenvalue weighted by Gasteiger charge is -2.27. The normalized spacial score (nSPS) is 13.6. The van der Waals surface area contributed by atoms with Gasteiger partial charge in [0, 0.05) is 10.5 Å². The van der Waals surface area contributed by atoms with E-state index in [4.69, 9.17) is 10.5 Å². The smallest absolute Gasteiger partial charge is 0.147 e. The van der Waals surface area contributed by atoms with Gasteiger partial charge in [-0.1, -0.05) is 36.7 Å². The number of halogens is 3. The Morgan fingerprint density at radius 1 is 1.18 bits per heavy atom. The van der Waals surface area contributed by atoms with Crippen LogP contribution < -0.4 is 10.5 Å². The molecule has 5 heteroatoms. The van der Waals surface area contributed by atoms with E-state index < -0.39 is 0 Å². The van der Waals surface area contributed by atoms with Crippen molar-refractivity contribution in [3.63, 3.8) is 0 Å². The summed E-state index contributed by atoms with van der Waals surface area (Å²) in [5, 5.41) is 0. The molecule has 1 atom stereocenters. The molecule has 0 fully saturated rings. The Balaban J connectivity index is 2.77. The summed E-state index contributed by atoms with van der Waals surface area (Å²) in [7, 11) is 0. The van der Waals surface area contributed by atoms with Gasteiger partial charge in [0.2, 0.25) is 0 Å². The van der Waals surface area contributed by atoms with E-state index in [0.29, 0.717) is 6.61 Å². The molecule has 0 amide bonds. The van der Waals surface area contributed by atoms with Gasteiger partial charge in [-0.2, -0.15) is 0 Å². The molecule has 1 aromatic carbocycles. The third kappa shape index (κ3) is 4.54. The van der Waals surface area contributed by atoms with Crippen molar-refractivity contribution in [2.24, 2.45) is 11.1 Å². The Kier molecular flexibility index (Phi) is 5.50. The minimum absolute atomic E-state index is 0.00931. The Hall–Kier alpha value is 0.420. The number of ether oxygens (including phenoxy) is 1. The van der Waals surface area contributed by atoms with Gasteiger partial charge in [0.1, 0.15) is 12.4 Å². The minimum Gasteiger partial charge on any atom is -0.490 e. The molecule has 0 aliphatic heterocycles. The monoisotopic (exact) mass is 427 g/mol. The summed E-state index contributed by atoms with van der Waals surface area (Å²) in [5.74, 6) is 0.785. The largest absolute Gasteiger partial charge is 0.490 e. The zero-order valence-corrected chi connectivity index (χ0v) is 14.8. The Bertz CT molecular complexity index is 378. The highest BCUT2D eigenvalue weighted by molar-refractivity contribution is 9.11. The second-order valence-electron chi connectivity index (χ2n) is 4.98. The number of hydrogen-bond acceptors (Lipinski definition) is 2. The maximum Gasteiger partial charge on any atom is 0.147 e. The first-order chi connectivity index (χ1) is 7.71. The number of benzene rings is 1. The van der Waals surface area contributed by atoms with Gasteiger partial charge in [-0.3, -0.25) is 0 Å². The van der Waals surface area contributed by atoms with E-state index in [1.165, 1.54) is 0 Å². The molecule has 1 rings (SSSR count). The zero-order valence-electron chi connectivity index (χ0n) is 10.1. The van der Waals surface area contributed by atoms with Crippen molar-refractivity contribution in [2.45, 2.75) is 26.8 Å². The summed E-state index contributed by atoms with van der Waals surface area (Å²) >= 11 is 10.4. The van der Waals surface area contributed by atoms with Crippen LogP contribution in [0.25, 0.3) is 0 Å². The van der Waals surface area contributed by atoms with Gasteiger partial charge in [-0.15, -0.1) is 0 Å². The van der Waals surface area contributed by atoms with Crippen molar-refractivity contribution in [1.29, 1.82) is 0 Å². The van der Waals surface area contributed by atoms with Crippen molar-refractivity contribution in [2.75, 3.05) is 6.61 Å². The standard InChI is InChI=1S/C12H16Br3NO/c1-12(2,3)10(16)6-17-11-8(14)4-7(13)5-9(11)15/h4-5,10H,6,16H2,1-3H3. The van der Waals surface area contributed by atoms with Crippen LogP contribution in [0.1, 0.15) is 20.8 Å². The van der Waals surface area contributed by atoms with Gasteiger partial charge in [-0.25, -0.2) is 0 Å². The van der Waals surface area contributed by atoms with Crippen molar-refractivity contribution in [1.82, 2.24) is 0 Å². The summed E-state index contributed by atoms with van der Waals surface area (Å²) in [4.78, 5) is 0. The van der Waals surface area contributed by atoms with Crippen LogP contribution >= 0.6 is 47.8 Å². The Labute approximate surface area is 128 Å². The van der Waals surface area contributed by atoms with Gasteiger partial charge < -0.3 is 10.5 Å². The van der Waals surface area contributed by atoms with Crippen LogP contribution in [-0.4, -0.2) is 12.6 Å². The molecule has 2 N–H and O–H groups in total. The molecule has 0 aromatic heterocycles. The first kappa shape index (κ1) is 15.5. The summed E-state index contributed by atoms with van der Waals surface area (Å²) in [6, 6.07) is 3.88. The van der Waals surface area contributed by atoms with E-state index in [1.807, 2.05) is 12.1 Å². The van der Waals surface area contributed by atoms with Crippen LogP contribution in [0.2, 0.25) is 0 Å². The van der Waals surface area contributed by atoms with Gasteiger partial charge in [0.25, 0.3) is 0 Å². The summed E-state index contributed by atoms with van der Waals surface area (Å²) in [6.45, 7) is 6.80. The highest BCUT2D eigenvalue weighted by Crippen LogP contribution is 2.36. The predicted molar refractivity (Wildman–Crippen MR) is 82.5 cm³/mol. The molecule has 17 heavy (non-hydrogen) atoms. The second kappa shape index (κ2) is 6.04. The lowest BCUT2D eigenvalue weighted by atomic mass is 9.88. The van der Waals surface area contributed by atoms with E-state index in [-0.39, 0.29) is 11.5 Å². The lowest BCUT2D eigenvalue weighted by molar-refractivity contribution is 0.204. The molecule has 96 valence electrons. The molecule has 0 spiro atoms. The minimum atomic E-state index is -0.00931. The first-order valence-corrected chi connectivity index (χ1v) is 7.62. The maximum absolute atomic E-state index is 6.06. The molecule has 0 aliphatic carbocycles. The van der Waals surface area contributed by atoms with Crippen LogP contribution in [0.15, 0.2) is 25.6 Å². The molecule has 0 bridgehead atoms. The molecule has 2 nitrogen and oxygen atoms in total. The molecule has 0 aliphatic rings. The van der Waals surface area contributed by atoms with E-state index in [2.05, 4.69) is 68.6 Å². The fraction of sp³-hybridized carbons (Fsp3) is 0.500. The molecule has 0 saturated carbocycles. The second-order valence-corrected chi connectivity index (χ2v) is 7.61. The van der Waals surface area contributed by atoms with E-state index in [9.17, 15) is 0 Å². The number of hydrogen-bond donors (Lipinski definition) is 1. The highest BCUT2D eigenvalue weighted by atomic mass is 79.9. The third-order valence-corrected chi connectivity index (χ3v) is 4.12. The van der Waals surface area contributed by atoms with Crippen LogP contribution in [0.3, 0.4) is 0 Å². The molecule has 0 heterocycles. The van der Waals surface area contributed by atoms with Crippen molar-refractivity contribution in [3.05, 3.63) is 25.6 Å². The van der Waals surface area contributed by atoms with Gasteiger partial charge >= 0.3 is 0 Å². The van der Waals surface area contributed by atoms with Gasteiger partial charge in [-0.05, 0) is 49.4 Å². The van der Waals surface area contributed by atoms with Crippen LogP contribution in [0.4, 0.5) is 0 Å². The summed E-state index contributed by atoms with van der Waals surface area (Å²) in [6.07, 6.45) is 0. The topological polar surface area (TPSA) is 35.2 Å². The Morgan fingerprint density at radius 2 is 1.65 bits per heavy atom. The van der Waals surface area contributed by atoms with Gasteiger partial charge in [0.15, 0.2) is 0 Å². The summed E-state index contributed by atoms with van der Waals surface area (Å²) < 4.78 is 8.57. The van der Waals surface area contributed by atoms with Crippen molar-refractivity contribution >= 4 is 47.8 Å². The molecule has 0 radical (unpaired) electrons. The van der Waals surface area contributed by atoms with Crippen molar-refractivity contribution < 1.29 is 4.74 Å². The zero-order chi connectivity index (χ0) is 13.2. The fourth-order valence-electron chi connectivity index (χ4n) is 1.09. The Morgan fingerprint density at radius 3 is 2.06 bits per heavy atom. The molecule has 1 unspecified atom stereocenters. The van der Waals surface area contributed by atoms with Crippen LogP contribution in [0.5, 0.6) is 5.75 Å². The third-order valence-electron chi connectivity index (χ3n) is 2.48. The first-order valence-electron chi connectivity index (χ1n) is 5.24. The van der Waals surface area contributed by atoms with E-state index in [0.717, 1.165) is 19.2 Å². The van der Waals surface area contributed by atoms with E-state index >= 15 is 0 Å². The van der Waals surface area contributed by atoms with Crippen LogP contribution in [0, 0.1) is 5.41 Å². The van der Waals surface area contributed by atoms with Crippen molar-refractivity contribution in [3.8, 4) is 5.75 Å². The average Bonchev–Trinajstić information content (AvgIpc) is 2.13. The summed E-state index contributed by atoms with van der Waals surface area (Å²) in [5.41, 5.74) is 6.10. The SMILES string of the molecule is CC(C)(C)C(N)COc1c(Br)cc(Br)cc1Br. The fourth-order valence-corrected chi connectivity index (χ4v) is 3.58. The predicted octanol–water partition coefficient (Wildman–Crippen LogP) is 4.73. The number of rotatable bonds is 3. The number of nitrogens with two attached hydrogens (primary N) is 1.